The summed E-state index contributed by atoms with van der Waals surface area (Å²) in [5.41, 5.74) is 3.62. The van der Waals surface area contributed by atoms with Gasteiger partial charge in [-0.15, -0.1) is 0 Å². The van der Waals surface area contributed by atoms with Crippen molar-refractivity contribution >= 4 is 34.8 Å². The van der Waals surface area contributed by atoms with Crippen LogP contribution in [0.3, 0.4) is 0 Å². The van der Waals surface area contributed by atoms with Gasteiger partial charge in [-0.25, -0.2) is 0 Å². The van der Waals surface area contributed by atoms with Crippen LogP contribution in [-0.2, 0) is 22.4 Å². The summed E-state index contributed by atoms with van der Waals surface area (Å²) in [4.78, 5) is 26.6. The summed E-state index contributed by atoms with van der Waals surface area (Å²) >= 11 is 6.11. The molecule has 0 aromatic heterocycles. The van der Waals surface area contributed by atoms with Crippen molar-refractivity contribution in [3.05, 3.63) is 58.6 Å². The van der Waals surface area contributed by atoms with E-state index >= 15 is 0 Å². The highest BCUT2D eigenvalue weighted by Gasteiger charge is 2.36. The maximum Gasteiger partial charge on any atom is 0.230 e. The summed E-state index contributed by atoms with van der Waals surface area (Å²) in [5.74, 6) is 0.300. The first-order valence-electron chi connectivity index (χ1n) is 8.59. The molecule has 2 aliphatic rings. The number of amides is 2. The average Bonchev–Trinajstić information content (AvgIpc) is 3.36. The van der Waals surface area contributed by atoms with Gasteiger partial charge >= 0.3 is 0 Å². The largest absolute Gasteiger partial charge is 0.326 e. The van der Waals surface area contributed by atoms with E-state index in [-0.39, 0.29) is 24.2 Å². The van der Waals surface area contributed by atoms with Crippen LogP contribution in [-0.4, -0.2) is 18.4 Å². The molecule has 1 aliphatic heterocycles. The van der Waals surface area contributed by atoms with E-state index in [4.69, 9.17) is 11.6 Å². The van der Waals surface area contributed by atoms with E-state index in [0.717, 1.165) is 42.6 Å². The fraction of sp³-hybridized carbons (Fsp3) is 0.300. The molecule has 128 valence electrons. The molecule has 1 heterocycles. The SMILES string of the molecule is O=C(Cc1ccccc1Cl)Nc1ccc2c(c1)N(C(=O)C1CC1)CC2. The molecule has 4 nitrogen and oxygen atoms in total. The van der Waals surface area contributed by atoms with Crippen molar-refractivity contribution in [3.63, 3.8) is 0 Å². The van der Waals surface area contributed by atoms with Gasteiger partial charge in [0.1, 0.15) is 0 Å². The predicted octanol–water partition coefficient (Wildman–Crippen LogP) is 3.82. The second kappa shape index (κ2) is 6.52. The molecule has 1 N–H and O–H groups in total. The first-order chi connectivity index (χ1) is 12.1. The molecule has 0 radical (unpaired) electrons. The standard InChI is InChI=1S/C20H19ClN2O2/c21-17-4-2-1-3-15(17)11-19(24)22-16-8-7-13-9-10-23(18(13)12-16)20(25)14-5-6-14/h1-4,7-8,12,14H,5-6,9-11H2,(H,22,24). The molecule has 1 fully saturated rings. The molecule has 0 spiro atoms. The normalized spacial score (nSPS) is 15.8. The summed E-state index contributed by atoms with van der Waals surface area (Å²) in [6.07, 6.45) is 3.10. The van der Waals surface area contributed by atoms with Gasteiger partial charge in [-0.05, 0) is 48.6 Å². The highest BCUT2D eigenvalue weighted by molar-refractivity contribution is 6.31. The zero-order chi connectivity index (χ0) is 17.4. The summed E-state index contributed by atoms with van der Waals surface area (Å²) in [5, 5.41) is 3.51. The molecule has 1 aliphatic carbocycles. The third-order valence-electron chi connectivity index (χ3n) is 4.77. The van der Waals surface area contributed by atoms with E-state index in [1.165, 1.54) is 0 Å². The first kappa shape index (κ1) is 16.2. The molecule has 1 saturated carbocycles. The van der Waals surface area contributed by atoms with Gasteiger partial charge < -0.3 is 10.2 Å². The minimum absolute atomic E-state index is 0.119. The van der Waals surface area contributed by atoms with Crippen molar-refractivity contribution < 1.29 is 9.59 Å². The first-order valence-corrected chi connectivity index (χ1v) is 8.97. The maximum atomic E-state index is 12.4. The summed E-state index contributed by atoms with van der Waals surface area (Å²) in [6, 6.07) is 13.1. The van der Waals surface area contributed by atoms with Gasteiger partial charge in [-0.1, -0.05) is 35.9 Å². The maximum absolute atomic E-state index is 12.4. The number of anilines is 2. The third-order valence-corrected chi connectivity index (χ3v) is 5.13. The third kappa shape index (κ3) is 3.40. The lowest BCUT2D eigenvalue weighted by molar-refractivity contribution is -0.119. The number of rotatable bonds is 4. The van der Waals surface area contributed by atoms with Crippen LogP contribution in [0, 0.1) is 5.92 Å². The van der Waals surface area contributed by atoms with Crippen LogP contribution < -0.4 is 10.2 Å². The van der Waals surface area contributed by atoms with E-state index in [9.17, 15) is 9.59 Å². The molecule has 0 bridgehead atoms. The lowest BCUT2D eigenvalue weighted by atomic mass is 10.1. The molecule has 2 aromatic carbocycles. The number of fused-ring (bicyclic) bond motifs is 1. The summed E-state index contributed by atoms with van der Waals surface area (Å²) in [7, 11) is 0. The number of halogens is 1. The lowest BCUT2D eigenvalue weighted by Gasteiger charge is -2.18. The molecule has 0 saturated heterocycles. The Morgan fingerprint density at radius 3 is 2.72 bits per heavy atom. The van der Waals surface area contributed by atoms with Crippen molar-refractivity contribution in [3.8, 4) is 0 Å². The molecule has 0 atom stereocenters. The van der Waals surface area contributed by atoms with Crippen LogP contribution in [0.2, 0.25) is 5.02 Å². The van der Waals surface area contributed by atoms with Crippen LogP contribution >= 0.6 is 11.6 Å². The van der Waals surface area contributed by atoms with Gasteiger partial charge in [0, 0.05) is 28.9 Å². The molecule has 2 amide bonds. The smallest absolute Gasteiger partial charge is 0.230 e. The predicted molar refractivity (Wildman–Crippen MR) is 99.0 cm³/mol. The topological polar surface area (TPSA) is 49.4 Å². The number of nitrogens with zero attached hydrogens (tertiary/aromatic N) is 1. The van der Waals surface area contributed by atoms with Crippen molar-refractivity contribution in [1.29, 1.82) is 0 Å². The Kier molecular flexibility index (Phi) is 4.22. The fourth-order valence-corrected chi connectivity index (χ4v) is 3.46. The number of hydrogen-bond donors (Lipinski definition) is 1. The second-order valence-corrected chi connectivity index (χ2v) is 7.08. The quantitative estimate of drug-likeness (QED) is 0.907. The number of benzene rings is 2. The zero-order valence-corrected chi connectivity index (χ0v) is 14.6. The van der Waals surface area contributed by atoms with Crippen LogP contribution in [0.4, 0.5) is 11.4 Å². The minimum atomic E-state index is -0.119. The Morgan fingerprint density at radius 1 is 1.16 bits per heavy atom. The Morgan fingerprint density at radius 2 is 1.96 bits per heavy atom. The Hall–Kier alpha value is -2.33. The average molecular weight is 355 g/mol. The Labute approximate surface area is 151 Å². The summed E-state index contributed by atoms with van der Waals surface area (Å²) in [6.45, 7) is 0.738. The molecule has 4 rings (SSSR count). The number of nitrogens with one attached hydrogen (secondary N) is 1. The zero-order valence-electron chi connectivity index (χ0n) is 13.8. The van der Waals surface area contributed by atoms with Crippen molar-refractivity contribution in [1.82, 2.24) is 0 Å². The van der Waals surface area contributed by atoms with Crippen molar-refractivity contribution in [2.75, 3.05) is 16.8 Å². The van der Waals surface area contributed by atoms with E-state index in [2.05, 4.69) is 5.32 Å². The van der Waals surface area contributed by atoms with Crippen LogP contribution in [0.1, 0.15) is 24.0 Å². The lowest BCUT2D eigenvalue weighted by Crippen LogP contribution is -2.30. The molecular formula is C20H19ClN2O2. The molecule has 2 aromatic rings. The number of hydrogen-bond acceptors (Lipinski definition) is 2. The van der Waals surface area contributed by atoms with E-state index in [1.807, 2.05) is 41.3 Å². The van der Waals surface area contributed by atoms with Gasteiger partial charge in [0.25, 0.3) is 0 Å². The van der Waals surface area contributed by atoms with Gasteiger partial charge in [0.05, 0.1) is 6.42 Å². The van der Waals surface area contributed by atoms with Gasteiger partial charge in [-0.3, -0.25) is 9.59 Å². The molecular weight excluding hydrogens is 336 g/mol. The fourth-order valence-electron chi connectivity index (χ4n) is 3.26. The van der Waals surface area contributed by atoms with Crippen LogP contribution in [0.25, 0.3) is 0 Å². The highest BCUT2D eigenvalue weighted by Crippen LogP contribution is 2.37. The van der Waals surface area contributed by atoms with Gasteiger partial charge in [0.2, 0.25) is 11.8 Å². The minimum Gasteiger partial charge on any atom is -0.326 e. The Bertz CT molecular complexity index is 845. The molecule has 0 unspecified atom stereocenters. The summed E-state index contributed by atoms with van der Waals surface area (Å²) < 4.78 is 0. The molecule has 25 heavy (non-hydrogen) atoms. The molecule has 5 heteroatoms. The number of carbonyl (C=O) groups is 2. The number of carbonyl (C=O) groups excluding carboxylic acids is 2. The van der Waals surface area contributed by atoms with E-state index < -0.39 is 0 Å². The van der Waals surface area contributed by atoms with E-state index in [1.54, 1.807) is 6.07 Å². The van der Waals surface area contributed by atoms with Crippen molar-refractivity contribution in [2.24, 2.45) is 5.92 Å². The van der Waals surface area contributed by atoms with Crippen LogP contribution in [0.15, 0.2) is 42.5 Å². The van der Waals surface area contributed by atoms with Gasteiger partial charge in [0.15, 0.2) is 0 Å². The van der Waals surface area contributed by atoms with Gasteiger partial charge in [-0.2, -0.15) is 0 Å². The van der Waals surface area contributed by atoms with Crippen molar-refractivity contribution in [2.45, 2.75) is 25.7 Å². The highest BCUT2D eigenvalue weighted by atomic mass is 35.5. The van der Waals surface area contributed by atoms with Crippen LogP contribution in [0.5, 0.6) is 0 Å². The Balaban J connectivity index is 1.48. The monoisotopic (exact) mass is 354 g/mol. The second-order valence-electron chi connectivity index (χ2n) is 6.67. The van der Waals surface area contributed by atoms with E-state index in [0.29, 0.717) is 10.7 Å².